The Hall–Kier alpha value is -5.15. The molecule has 0 bridgehead atoms. The number of carbonyl (C=O) groups is 3. The summed E-state index contributed by atoms with van der Waals surface area (Å²) in [5.74, 6) is 0.348. The number of thioether (sulfide) groups is 1. The van der Waals surface area contributed by atoms with Crippen molar-refractivity contribution in [1.82, 2.24) is 20.6 Å². The van der Waals surface area contributed by atoms with Gasteiger partial charge in [0.05, 0.1) is 17.7 Å². The maximum atomic E-state index is 12.1. The number of halogens is 1. The van der Waals surface area contributed by atoms with Crippen LogP contribution in [0.3, 0.4) is 0 Å². The summed E-state index contributed by atoms with van der Waals surface area (Å²) in [5.41, 5.74) is 3.68. The molecule has 52 heavy (non-hydrogen) atoms. The van der Waals surface area contributed by atoms with Crippen LogP contribution in [0, 0.1) is 22.7 Å². The molecule has 2 aromatic heterocycles. The Labute approximate surface area is 315 Å². The quantitative estimate of drug-likeness (QED) is 0.0814. The zero-order chi connectivity index (χ0) is 37.0. The number of aromatic nitrogens is 2. The van der Waals surface area contributed by atoms with Crippen LogP contribution in [0.1, 0.15) is 49.9 Å². The van der Waals surface area contributed by atoms with Crippen LogP contribution in [0.15, 0.2) is 58.9 Å². The molecule has 1 aliphatic heterocycles. The number of esters is 1. The summed E-state index contributed by atoms with van der Waals surface area (Å²) in [4.78, 5) is 46.9. The third-order valence-electron chi connectivity index (χ3n) is 7.97. The highest BCUT2D eigenvalue weighted by atomic mass is 35.5. The van der Waals surface area contributed by atoms with E-state index in [1.54, 1.807) is 31.2 Å². The van der Waals surface area contributed by atoms with Gasteiger partial charge in [0.15, 0.2) is 0 Å². The molecule has 2 amide bonds. The Bertz CT molecular complexity index is 1990. The average molecular weight is 758 g/mol. The molecule has 2 N–H and O–H groups in total. The number of nitrogens with one attached hydrogen (secondary N) is 2. The molecule has 5 rings (SSSR count). The van der Waals surface area contributed by atoms with Crippen molar-refractivity contribution in [1.29, 1.82) is 10.5 Å². The first kappa shape index (κ1) is 38.1. The second-order valence-electron chi connectivity index (χ2n) is 11.8. The first-order chi connectivity index (χ1) is 25.2. The van der Waals surface area contributed by atoms with E-state index < -0.39 is 17.9 Å². The van der Waals surface area contributed by atoms with Gasteiger partial charge < -0.3 is 25.0 Å². The zero-order valence-electron chi connectivity index (χ0n) is 28.6. The molecule has 0 unspecified atom stereocenters. The van der Waals surface area contributed by atoms with E-state index in [9.17, 15) is 24.9 Å². The summed E-state index contributed by atoms with van der Waals surface area (Å²) < 4.78 is 11.0. The smallest absolute Gasteiger partial charge is 0.307 e. The zero-order valence-corrected chi connectivity index (χ0v) is 31.0. The lowest BCUT2D eigenvalue weighted by molar-refractivity contribution is -0.144. The second-order valence-corrected chi connectivity index (χ2v) is 14.0. The van der Waals surface area contributed by atoms with Gasteiger partial charge in [-0.15, -0.1) is 11.3 Å². The topological polar surface area (TPSA) is 170 Å². The SMILES string of the molecule is CC(=O)N[C@@H](C)C(=O)NCCC(=O)OCCOc1ccc(-c2c(C#N)c(SCc3csc(-c4ccc(Cl)cc4)n3)nc(N3CCCC3)c2C#N)cc1. The molecular formula is C37H36ClN7O5S2. The number of hydrogen-bond acceptors (Lipinski definition) is 12. The van der Waals surface area contributed by atoms with E-state index in [-0.39, 0.29) is 32.1 Å². The monoisotopic (exact) mass is 757 g/mol. The van der Waals surface area contributed by atoms with Crippen LogP contribution in [0.4, 0.5) is 5.82 Å². The summed E-state index contributed by atoms with van der Waals surface area (Å²) in [6.45, 7) is 4.58. The van der Waals surface area contributed by atoms with Gasteiger partial charge in [-0.3, -0.25) is 14.4 Å². The van der Waals surface area contributed by atoms with Gasteiger partial charge in [-0.25, -0.2) is 9.97 Å². The van der Waals surface area contributed by atoms with Gasteiger partial charge in [0, 0.05) is 53.8 Å². The average Bonchev–Trinajstić information content (AvgIpc) is 3.85. The molecule has 1 fully saturated rings. The summed E-state index contributed by atoms with van der Waals surface area (Å²) in [7, 11) is 0. The number of rotatable bonds is 15. The molecule has 1 atom stereocenters. The van der Waals surface area contributed by atoms with Gasteiger partial charge in [-0.1, -0.05) is 47.6 Å². The Morgan fingerprint density at radius 1 is 1.00 bits per heavy atom. The van der Waals surface area contributed by atoms with Gasteiger partial charge in [-0.05, 0) is 49.6 Å². The number of nitrogens with zero attached hydrogens (tertiary/aromatic N) is 5. The van der Waals surface area contributed by atoms with Crippen molar-refractivity contribution in [3.8, 4) is 39.6 Å². The van der Waals surface area contributed by atoms with Gasteiger partial charge in [0.1, 0.15) is 58.6 Å². The maximum Gasteiger partial charge on any atom is 0.307 e. The molecular weight excluding hydrogens is 722 g/mol. The molecule has 0 spiro atoms. The van der Waals surface area contributed by atoms with E-state index >= 15 is 0 Å². The minimum absolute atomic E-state index is 0.00169. The molecule has 0 aliphatic carbocycles. The third-order valence-corrected chi connectivity index (χ3v) is 10.2. The Morgan fingerprint density at radius 3 is 2.37 bits per heavy atom. The molecule has 0 saturated carbocycles. The minimum atomic E-state index is -0.706. The van der Waals surface area contributed by atoms with Gasteiger partial charge in [-0.2, -0.15) is 10.5 Å². The van der Waals surface area contributed by atoms with Crippen molar-refractivity contribution in [2.45, 2.75) is 49.9 Å². The molecule has 1 aliphatic rings. The molecule has 268 valence electrons. The summed E-state index contributed by atoms with van der Waals surface area (Å²) in [6.07, 6.45) is 1.96. The fourth-order valence-electron chi connectivity index (χ4n) is 5.47. The minimum Gasteiger partial charge on any atom is -0.490 e. The van der Waals surface area contributed by atoms with Crippen molar-refractivity contribution in [2.24, 2.45) is 0 Å². The Kier molecular flexibility index (Phi) is 13.5. The van der Waals surface area contributed by atoms with Crippen LogP contribution in [0.2, 0.25) is 5.02 Å². The van der Waals surface area contributed by atoms with E-state index in [2.05, 4.69) is 27.7 Å². The number of thiazole rings is 1. The van der Waals surface area contributed by atoms with Crippen molar-refractivity contribution in [2.75, 3.05) is 37.7 Å². The lowest BCUT2D eigenvalue weighted by atomic mass is 9.96. The van der Waals surface area contributed by atoms with E-state index in [1.807, 2.05) is 29.6 Å². The number of hydrogen-bond donors (Lipinski definition) is 2. The summed E-state index contributed by atoms with van der Waals surface area (Å²) in [6, 6.07) is 18.5. The van der Waals surface area contributed by atoms with Gasteiger partial charge >= 0.3 is 5.97 Å². The Morgan fingerprint density at radius 2 is 1.69 bits per heavy atom. The lowest BCUT2D eigenvalue weighted by Gasteiger charge is -2.22. The van der Waals surface area contributed by atoms with E-state index in [0.717, 1.165) is 42.2 Å². The van der Waals surface area contributed by atoms with Crippen molar-refractivity contribution in [3.05, 3.63) is 75.8 Å². The number of carbonyl (C=O) groups excluding carboxylic acids is 3. The number of ether oxygens (including phenoxy) is 2. The van der Waals surface area contributed by atoms with Crippen molar-refractivity contribution < 1.29 is 23.9 Å². The first-order valence-corrected chi connectivity index (χ1v) is 18.8. The molecule has 3 heterocycles. The Balaban J connectivity index is 1.25. The fourth-order valence-corrected chi connectivity index (χ4v) is 7.40. The highest BCUT2D eigenvalue weighted by Gasteiger charge is 2.26. The van der Waals surface area contributed by atoms with E-state index in [1.165, 1.54) is 30.0 Å². The predicted octanol–water partition coefficient (Wildman–Crippen LogP) is 6.11. The van der Waals surface area contributed by atoms with Crippen LogP contribution in [0.25, 0.3) is 21.7 Å². The van der Waals surface area contributed by atoms with E-state index in [0.29, 0.717) is 49.6 Å². The number of anilines is 1. The number of nitriles is 2. The van der Waals surface area contributed by atoms with Crippen LogP contribution in [-0.2, 0) is 24.9 Å². The molecule has 12 nitrogen and oxygen atoms in total. The number of pyridine rings is 1. The highest BCUT2D eigenvalue weighted by Crippen LogP contribution is 2.40. The van der Waals surface area contributed by atoms with Gasteiger partial charge in [0.25, 0.3) is 0 Å². The molecule has 1 saturated heterocycles. The van der Waals surface area contributed by atoms with Crippen LogP contribution in [-0.4, -0.2) is 66.6 Å². The first-order valence-electron chi connectivity index (χ1n) is 16.6. The third kappa shape index (κ3) is 10.0. The van der Waals surface area contributed by atoms with E-state index in [4.69, 9.17) is 31.0 Å². The molecule has 15 heteroatoms. The molecule has 0 radical (unpaired) electrons. The fraction of sp³-hybridized carbons (Fsp3) is 0.324. The number of benzene rings is 2. The second kappa shape index (κ2) is 18.4. The molecule has 4 aromatic rings. The summed E-state index contributed by atoms with van der Waals surface area (Å²) >= 11 is 9.00. The van der Waals surface area contributed by atoms with Crippen molar-refractivity contribution >= 4 is 58.3 Å². The molecule has 2 aromatic carbocycles. The number of amides is 2. The predicted molar refractivity (Wildman–Crippen MR) is 200 cm³/mol. The van der Waals surface area contributed by atoms with Crippen LogP contribution >= 0.6 is 34.7 Å². The normalized spacial score (nSPS) is 12.8. The highest BCUT2D eigenvalue weighted by molar-refractivity contribution is 7.98. The van der Waals surface area contributed by atoms with Crippen molar-refractivity contribution in [3.63, 3.8) is 0 Å². The van der Waals surface area contributed by atoms with Crippen LogP contribution in [0.5, 0.6) is 5.75 Å². The summed E-state index contributed by atoms with van der Waals surface area (Å²) in [5, 5.41) is 29.9. The largest absolute Gasteiger partial charge is 0.490 e. The van der Waals surface area contributed by atoms with Crippen LogP contribution < -0.4 is 20.3 Å². The standard InChI is InChI=1S/C37H36ClN7O5S2/c1-23(42-24(2)46)35(48)41-14-13-32(47)50-18-17-49-29-11-7-25(8-12-29)33-30(19-39)34(45-15-3-4-16-45)44-37(31(33)20-40)52-22-28-21-51-36(43-28)26-5-9-27(38)10-6-26/h5-12,21,23H,3-4,13-18,22H2,1-2H3,(H,41,48)(H,42,46)/t23-/m0/s1. The van der Waals surface area contributed by atoms with Gasteiger partial charge in [0.2, 0.25) is 11.8 Å². The lowest BCUT2D eigenvalue weighted by Crippen LogP contribution is -2.44. The maximum absolute atomic E-state index is 12.1.